The molecule has 4 nitrogen and oxygen atoms in total. The summed E-state index contributed by atoms with van der Waals surface area (Å²) in [7, 11) is 0. The van der Waals surface area contributed by atoms with Crippen molar-refractivity contribution in [2.75, 3.05) is 5.32 Å². The molecule has 2 aromatic heterocycles. The quantitative estimate of drug-likeness (QED) is 0.600. The summed E-state index contributed by atoms with van der Waals surface area (Å²) in [5.74, 6) is 0.353. The molecule has 0 aliphatic heterocycles. The number of aryl methyl sites for hydroxylation is 1. The number of rotatable bonds is 4. The van der Waals surface area contributed by atoms with E-state index in [4.69, 9.17) is 0 Å². The summed E-state index contributed by atoms with van der Waals surface area (Å²) in [5, 5.41) is 2.84. The number of benzene rings is 1. The Balaban J connectivity index is 1.90. The Hall–Kier alpha value is -2.83. The van der Waals surface area contributed by atoms with Gasteiger partial charge in [-0.25, -0.2) is 4.98 Å². The van der Waals surface area contributed by atoms with Gasteiger partial charge in [-0.3, -0.25) is 4.79 Å². The van der Waals surface area contributed by atoms with Crippen molar-refractivity contribution in [3.63, 3.8) is 0 Å². The molecule has 1 N–H and O–H groups in total. The number of hydrogen-bond donors (Lipinski definition) is 1. The molecule has 1 aromatic carbocycles. The van der Waals surface area contributed by atoms with E-state index in [0.717, 1.165) is 11.6 Å². The van der Waals surface area contributed by atoms with Crippen molar-refractivity contribution < 1.29 is 18.0 Å². The van der Waals surface area contributed by atoms with Crippen LogP contribution in [-0.4, -0.2) is 15.5 Å². The fourth-order valence-electron chi connectivity index (χ4n) is 3.25. The molecular weight excluding hydrogens is 379 g/mol. The summed E-state index contributed by atoms with van der Waals surface area (Å²) in [6, 6.07) is 9.14. The molecule has 29 heavy (non-hydrogen) atoms. The summed E-state index contributed by atoms with van der Waals surface area (Å²) in [4.78, 5) is 16.7. The summed E-state index contributed by atoms with van der Waals surface area (Å²) in [6.45, 7) is 7.84. The molecule has 0 fully saturated rings. The first-order valence-corrected chi connectivity index (χ1v) is 9.35. The minimum absolute atomic E-state index is 0.0794. The highest BCUT2D eigenvalue weighted by atomic mass is 19.4. The second-order valence-electron chi connectivity index (χ2n) is 8.44. The van der Waals surface area contributed by atoms with Crippen molar-refractivity contribution in [2.24, 2.45) is 5.41 Å². The number of anilines is 1. The maximum atomic E-state index is 13.3. The zero-order chi connectivity index (χ0) is 21.4. The van der Waals surface area contributed by atoms with E-state index in [1.54, 1.807) is 22.9 Å². The van der Waals surface area contributed by atoms with Crippen LogP contribution in [0, 0.1) is 12.3 Å². The Morgan fingerprint density at radius 3 is 2.48 bits per heavy atom. The van der Waals surface area contributed by atoms with Gasteiger partial charge in [-0.15, -0.1) is 0 Å². The smallest absolute Gasteiger partial charge is 0.342 e. The molecule has 0 radical (unpaired) electrons. The van der Waals surface area contributed by atoms with Gasteiger partial charge in [-0.1, -0.05) is 39.0 Å². The van der Waals surface area contributed by atoms with Gasteiger partial charge in [0.25, 0.3) is 0 Å². The summed E-state index contributed by atoms with van der Waals surface area (Å²) in [5.41, 5.74) is 1.50. The highest BCUT2D eigenvalue weighted by molar-refractivity contribution is 5.92. The summed E-state index contributed by atoms with van der Waals surface area (Å²) >= 11 is 0. The van der Waals surface area contributed by atoms with Gasteiger partial charge in [0.05, 0.1) is 16.6 Å². The second kappa shape index (κ2) is 7.54. The minimum Gasteiger partial charge on any atom is -0.342 e. The van der Waals surface area contributed by atoms with Gasteiger partial charge in [0, 0.05) is 19.2 Å². The fraction of sp³-hybridized carbons (Fsp3) is 0.364. The first-order chi connectivity index (χ1) is 13.4. The molecule has 0 unspecified atom stereocenters. The van der Waals surface area contributed by atoms with Crippen LogP contribution in [0.4, 0.5) is 19.0 Å². The molecule has 0 saturated heterocycles. The molecular formula is C22H24F3N3O. The third-order valence-corrected chi connectivity index (χ3v) is 4.56. The first-order valence-electron chi connectivity index (χ1n) is 9.35. The number of nitrogens with zero attached hydrogens (tertiary/aromatic N) is 2. The number of halogens is 3. The number of aromatic nitrogens is 2. The number of nitrogens with one attached hydrogen (secondary N) is 1. The Morgan fingerprint density at radius 2 is 1.83 bits per heavy atom. The maximum Gasteiger partial charge on any atom is 0.416 e. The zero-order valence-corrected chi connectivity index (χ0v) is 16.9. The van der Waals surface area contributed by atoms with E-state index in [1.165, 1.54) is 12.1 Å². The molecule has 0 spiro atoms. The van der Waals surface area contributed by atoms with Gasteiger partial charge in [0.15, 0.2) is 0 Å². The van der Waals surface area contributed by atoms with Gasteiger partial charge in [-0.05, 0) is 41.7 Å². The molecule has 2 heterocycles. The highest BCUT2D eigenvalue weighted by Crippen LogP contribution is 2.33. The van der Waals surface area contributed by atoms with Crippen molar-refractivity contribution in [1.82, 2.24) is 9.55 Å². The predicted octanol–water partition coefficient (Wildman–Crippen LogP) is 5.79. The Morgan fingerprint density at radius 1 is 1.14 bits per heavy atom. The van der Waals surface area contributed by atoms with Crippen LogP contribution < -0.4 is 5.32 Å². The lowest BCUT2D eigenvalue weighted by molar-refractivity contribution is -0.138. The van der Waals surface area contributed by atoms with Crippen molar-refractivity contribution in [3.8, 4) is 0 Å². The van der Waals surface area contributed by atoms with E-state index in [9.17, 15) is 18.0 Å². The number of alkyl halides is 3. The van der Waals surface area contributed by atoms with Crippen molar-refractivity contribution in [1.29, 1.82) is 0 Å². The fourth-order valence-corrected chi connectivity index (χ4v) is 3.25. The lowest BCUT2D eigenvalue weighted by Crippen LogP contribution is -2.20. The molecule has 0 atom stereocenters. The number of carbonyl (C=O) groups excluding carboxylic acids is 1. The van der Waals surface area contributed by atoms with E-state index in [0.29, 0.717) is 23.3 Å². The van der Waals surface area contributed by atoms with Gasteiger partial charge >= 0.3 is 6.18 Å². The van der Waals surface area contributed by atoms with Gasteiger partial charge in [-0.2, -0.15) is 13.2 Å². The van der Waals surface area contributed by atoms with Crippen molar-refractivity contribution in [2.45, 2.75) is 46.8 Å². The first kappa shape index (κ1) is 20.9. The van der Waals surface area contributed by atoms with E-state index < -0.39 is 11.7 Å². The van der Waals surface area contributed by atoms with Crippen LogP contribution in [0.25, 0.3) is 11.0 Å². The Bertz CT molecular complexity index is 1050. The monoisotopic (exact) mass is 403 g/mol. The Labute approximate surface area is 167 Å². The SMILES string of the molecule is Cc1cc2c(ccn2Cc2ccccc2C(F)(F)F)nc1NC(=O)CC(C)(C)C. The second-order valence-corrected chi connectivity index (χ2v) is 8.44. The highest BCUT2D eigenvalue weighted by Gasteiger charge is 2.32. The lowest BCUT2D eigenvalue weighted by Gasteiger charge is -2.17. The molecule has 3 aromatic rings. The average Bonchev–Trinajstić information content (AvgIpc) is 2.95. The topological polar surface area (TPSA) is 46.9 Å². The van der Waals surface area contributed by atoms with Crippen LogP contribution in [0.1, 0.15) is 43.9 Å². The van der Waals surface area contributed by atoms with Gasteiger partial charge < -0.3 is 9.88 Å². The largest absolute Gasteiger partial charge is 0.416 e. The number of fused-ring (bicyclic) bond motifs is 1. The number of pyridine rings is 1. The van der Waals surface area contributed by atoms with Crippen LogP contribution in [0.2, 0.25) is 0 Å². The molecule has 0 saturated carbocycles. The van der Waals surface area contributed by atoms with Crippen LogP contribution in [0.3, 0.4) is 0 Å². The molecule has 0 aliphatic rings. The van der Waals surface area contributed by atoms with Crippen LogP contribution >= 0.6 is 0 Å². The van der Waals surface area contributed by atoms with E-state index in [1.807, 2.05) is 33.8 Å². The third kappa shape index (κ3) is 4.96. The van der Waals surface area contributed by atoms with Crippen molar-refractivity contribution >= 4 is 22.8 Å². The molecule has 7 heteroatoms. The third-order valence-electron chi connectivity index (χ3n) is 4.56. The van der Waals surface area contributed by atoms with Gasteiger partial charge in [0.2, 0.25) is 5.91 Å². The Kier molecular flexibility index (Phi) is 5.43. The maximum absolute atomic E-state index is 13.3. The number of amides is 1. The lowest BCUT2D eigenvalue weighted by atomic mass is 9.92. The summed E-state index contributed by atoms with van der Waals surface area (Å²) < 4.78 is 41.6. The zero-order valence-electron chi connectivity index (χ0n) is 16.9. The predicted molar refractivity (Wildman–Crippen MR) is 108 cm³/mol. The summed E-state index contributed by atoms with van der Waals surface area (Å²) in [6.07, 6.45) is -2.33. The van der Waals surface area contributed by atoms with Crippen LogP contribution in [-0.2, 0) is 17.5 Å². The average molecular weight is 403 g/mol. The molecule has 3 rings (SSSR count). The van der Waals surface area contributed by atoms with E-state index in [-0.39, 0.29) is 23.4 Å². The molecule has 154 valence electrons. The number of carbonyl (C=O) groups is 1. The van der Waals surface area contributed by atoms with Gasteiger partial charge in [0.1, 0.15) is 5.82 Å². The normalized spacial score (nSPS) is 12.4. The molecule has 1 amide bonds. The van der Waals surface area contributed by atoms with E-state index >= 15 is 0 Å². The number of hydrogen-bond acceptors (Lipinski definition) is 2. The standard InChI is InChI=1S/C22H24F3N3O/c1-14-11-18-17(26-20(14)27-19(29)12-21(2,3)4)9-10-28(18)13-15-7-5-6-8-16(15)22(23,24)25/h5-11H,12-13H2,1-4H3,(H,26,27,29). The van der Waals surface area contributed by atoms with E-state index in [2.05, 4.69) is 10.3 Å². The van der Waals surface area contributed by atoms with Crippen molar-refractivity contribution in [3.05, 3.63) is 59.3 Å². The molecule has 0 aliphatic carbocycles. The van der Waals surface area contributed by atoms with Crippen LogP contribution in [0.15, 0.2) is 42.6 Å². The minimum atomic E-state index is -4.40. The molecule has 0 bridgehead atoms. The van der Waals surface area contributed by atoms with Crippen LogP contribution in [0.5, 0.6) is 0 Å².